The van der Waals surface area contributed by atoms with Crippen molar-refractivity contribution in [1.82, 2.24) is 34.3 Å². The molecule has 0 radical (unpaired) electrons. The van der Waals surface area contributed by atoms with Crippen LogP contribution < -0.4 is 4.74 Å². The van der Waals surface area contributed by atoms with Crippen molar-refractivity contribution in [2.24, 2.45) is 0 Å². The third-order valence-electron chi connectivity index (χ3n) is 9.10. The van der Waals surface area contributed by atoms with Crippen LogP contribution in [0, 0.1) is 24.1 Å². The van der Waals surface area contributed by atoms with Gasteiger partial charge in [0.05, 0.1) is 36.4 Å². The second-order valence-electron chi connectivity index (χ2n) is 14.8. The van der Waals surface area contributed by atoms with E-state index in [1.165, 1.54) is 12.3 Å². The van der Waals surface area contributed by atoms with Gasteiger partial charge in [-0.15, -0.1) is 5.10 Å². The first-order valence-electron chi connectivity index (χ1n) is 16.2. The van der Waals surface area contributed by atoms with E-state index in [1.807, 2.05) is 44.5 Å². The fourth-order valence-electron chi connectivity index (χ4n) is 5.36. The molecule has 0 saturated carbocycles. The zero-order valence-electron chi connectivity index (χ0n) is 29.2. The van der Waals surface area contributed by atoms with Crippen molar-refractivity contribution in [3.8, 4) is 23.2 Å². The molecule has 1 saturated heterocycles. The maximum absolute atomic E-state index is 13.9. The van der Waals surface area contributed by atoms with Gasteiger partial charge in [0.1, 0.15) is 34.5 Å². The Morgan fingerprint density at radius 2 is 1.81 bits per heavy atom. The molecule has 1 fully saturated rings. The number of ether oxygens (including phenoxy) is 2. The topological polar surface area (TPSA) is 133 Å². The van der Waals surface area contributed by atoms with Gasteiger partial charge in [-0.2, -0.15) is 5.26 Å². The Kier molecular flexibility index (Phi) is 9.67. The second kappa shape index (κ2) is 13.3. The summed E-state index contributed by atoms with van der Waals surface area (Å²) in [4.78, 5) is 23.1. The van der Waals surface area contributed by atoms with Gasteiger partial charge in [-0.1, -0.05) is 26.0 Å². The van der Waals surface area contributed by atoms with Gasteiger partial charge in [0.2, 0.25) is 5.88 Å². The highest BCUT2D eigenvalue weighted by molar-refractivity contribution is 6.74. The molecule has 48 heavy (non-hydrogen) atoms. The molecular formula is C34H45FN8O4Si. The van der Waals surface area contributed by atoms with E-state index in [2.05, 4.69) is 60.2 Å². The van der Waals surface area contributed by atoms with Crippen LogP contribution >= 0.6 is 0 Å². The first-order valence-corrected chi connectivity index (χ1v) is 19.1. The minimum atomic E-state index is -2.20. The van der Waals surface area contributed by atoms with Gasteiger partial charge < -0.3 is 18.8 Å². The van der Waals surface area contributed by atoms with Crippen LogP contribution in [-0.2, 0) is 9.16 Å². The molecule has 1 aliphatic rings. The number of hydrogen-bond donors (Lipinski definition) is 0. The van der Waals surface area contributed by atoms with E-state index in [9.17, 15) is 14.4 Å². The highest BCUT2D eigenvalue weighted by Crippen LogP contribution is 2.38. The molecule has 0 aliphatic carbocycles. The van der Waals surface area contributed by atoms with Crippen molar-refractivity contribution in [3.63, 3.8) is 0 Å². The van der Waals surface area contributed by atoms with Crippen molar-refractivity contribution in [1.29, 1.82) is 5.26 Å². The summed E-state index contributed by atoms with van der Waals surface area (Å²) in [7, 11) is -2.20. The molecule has 5 rings (SSSR count). The molecular weight excluding hydrogens is 632 g/mol. The summed E-state index contributed by atoms with van der Waals surface area (Å²) < 4.78 is 36.2. The van der Waals surface area contributed by atoms with Crippen molar-refractivity contribution >= 4 is 20.1 Å². The van der Waals surface area contributed by atoms with E-state index in [1.54, 1.807) is 15.4 Å². The van der Waals surface area contributed by atoms with Crippen LogP contribution in [0.5, 0.6) is 5.88 Å². The predicted octanol–water partition coefficient (Wildman–Crippen LogP) is 7.02. The SMILES string of the molecule is Cc1c(-c2cc(OC(CO[Si](C)(C)C(C)(C)C)c3ccc(F)cn3)n3c(C#N)cnc3c2)nnn1C1CCN(C(=O)OC(C)(C)C)CC1. The van der Waals surface area contributed by atoms with Crippen LogP contribution in [0.3, 0.4) is 0 Å². The lowest BCUT2D eigenvalue weighted by molar-refractivity contribution is 0.0183. The zero-order chi connectivity index (χ0) is 35.0. The lowest BCUT2D eigenvalue weighted by atomic mass is 10.0. The van der Waals surface area contributed by atoms with Gasteiger partial charge in [-0.05, 0) is 76.9 Å². The molecule has 0 bridgehead atoms. The molecule has 0 spiro atoms. The van der Waals surface area contributed by atoms with Gasteiger partial charge in [-0.25, -0.2) is 18.9 Å². The smallest absolute Gasteiger partial charge is 0.410 e. The van der Waals surface area contributed by atoms with E-state index in [0.29, 0.717) is 60.1 Å². The first-order chi connectivity index (χ1) is 22.5. The van der Waals surface area contributed by atoms with E-state index in [4.69, 9.17) is 13.9 Å². The summed E-state index contributed by atoms with van der Waals surface area (Å²) in [5, 5.41) is 19.0. The highest BCUT2D eigenvalue weighted by atomic mass is 28.4. The Morgan fingerprint density at radius 3 is 2.42 bits per heavy atom. The summed E-state index contributed by atoms with van der Waals surface area (Å²) in [6, 6.07) is 8.83. The zero-order valence-corrected chi connectivity index (χ0v) is 30.2. The first kappa shape index (κ1) is 35.0. The molecule has 4 aromatic heterocycles. The number of nitriles is 1. The Labute approximate surface area is 282 Å². The number of hydrogen-bond acceptors (Lipinski definition) is 9. The maximum atomic E-state index is 13.9. The number of piperidine rings is 1. The molecule has 5 heterocycles. The summed E-state index contributed by atoms with van der Waals surface area (Å²) in [6.07, 6.45) is 3.05. The quantitative estimate of drug-likeness (QED) is 0.181. The average molecular weight is 677 g/mol. The number of fused-ring (bicyclic) bond motifs is 1. The third-order valence-corrected chi connectivity index (χ3v) is 13.6. The Morgan fingerprint density at radius 1 is 1.10 bits per heavy atom. The molecule has 1 unspecified atom stereocenters. The Bertz CT molecular complexity index is 1810. The number of pyridine rings is 2. The van der Waals surface area contributed by atoms with Gasteiger partial charge in [-0.3, -0.25) is 9.38 Å². The van der Waals surface area contributed by atoms with Gasteiger partial charge in [0, 0.05) is 24.7 Å². The molecule has 256 valence electrons. The van der Waals surface area contributed by atoms with Gasteiger partial charge in [0.15, 0.2) is 14.4 Å². The molecule has 0 aromatic carbocycles. The molecule has 0 N–H and O–H groups in total. The molecule has 1 aliphatic heterocycles. The predicted molar refractivity (Wildman–Crippen MR) is 180 cm³/mol. The Balaban J connectivity index is 1.46. The molecule has 1 amide bonds. The van der Waals surface area contributed by atoms with Crippen LogP contribution in [0.25, 0.3) is 16.9 Å². The third kappa shape index (κ3) is 7.52. The number of aromatic nitrogens is 6. The largest absolute Gasteiger partial charge is 0.466 e. The van der Waals surface area contributed by atoms with E-state index < -0.39 is 25.8 Å². The highest BCUT2D eigenvalue weighted by Gasteiger charge is 2.38. The summed E-state index contributed by atoms with van der Waals surface area (Å²) in [5.41, 5.74) is 2.93. The number of rotatable bonds is 8. The van der Waals surface area contributed by atoms with Crippen LogP contribution in [-0.4, -0.2) is 74.0 Å². The molecule has 1 atom stereocenters. The van der Waals surface area contributed by atoms with Crippen LogP contribution in [0.4, 0.5) is 9.18 Å². The van der Waals surface area contributed by atoms with E-state index >= 15 is 0 Å². The van der Waals surface area contributed by atoms with Crippen LogP contribution in [0.1, 0.15) is 83.6 Å². The standard InChI is InChI=1S/C34H45FN8O4Si/c1-22-31(39-40-43(22)25-12-14-41(15-13-25)32(44)47-33(2,3)4)23-16-29-38-20-26(18-36)42(29)30(17-23)46-28(27-11-10-24(35)19-37-27)21-45-48(8,9)34(5,6)7/h10-11,16-17,19-20,25,28H,12-15,21H2,1-9H3. The van der Waals surface area contributed by atoms with Crippen molar-refractivity contribution < 1.29 is 23.1 Å². The van der Waals surface area contributed by atoms with Crippen LogP contribution in [0.15, 0.2) is 36.7 Å². The maximum Gasteiger partial charge on any atom is 0.410 e. The van der Waals surface area contributed by atoms with Crippen molar-refractivity contribution in [3.05, 3.63) is 59.6 Å². The number of halogens is 1. The lowest BCUT2D eigenvalue weighted by Gasteiger charge is -2.37. The van der Waals surface area contributed by atoms with Gasteiger partial charge in [0.25, 0.3) is 0 Å². The minimum absolute atomic E-state index is 0.0466. The number of carbonyl (C=O) groups excluding carboxylic acids is 1. The lowest BCUT2D eigenvalue weighted by Crippen LogP contribution is -2.42. The second-order valence-corrected chi connectivity index (χ2v) is 19.6. The average Bonchev–Trinajstić information content (AvgIpc) is 3.61. The monoisotopic (exact) mass is 676 g/mol. The Hall–Kier alpha value is -4.35. The van der Waals surface area contributed by atoms with Crippen molar-refractivity contribution in [2.75, 3.05) is 19.7 Å². The summed E-state index contributed by atoms with van der Waals surface area (Å²) >= 11 is 0. The van der Waals surface area contributed by atoms with E-state index in [-0.39, 0.29) is 23.8 Å². The summed E-state index contributed by atoms with van der Waals surface area (Å²) in [5.74, 6) is -0.117. The normalized spacial score (nSPS) is 15.4. The fraction of sp³-hybridized carbons (Fsp3) is 0.529. The number of likely N-dealkylation sites (tertiary alicyclic amines) is 1. The number of nitrogens with zero attached hydrogens (tertiary/aromatic N) is 8. The molecule has 12 nitrogen and oxygen atoms in total. The minimum Gasteiger partial charge on any atom is -0.466 e. The fourth-order valence-corrected chi connectivity index (χ4v) is 6.36. The number of imidazole rings is 1. The molecule has 4 aromatic rings. The van der Waals surface area contributed by atoms with Crippen LogP contribution in [0.2, 0.25) is 18.1 Å². The number of carbonyl (C=O) groups is 1. The van der Waals surface area contributed by atoms with Crippen molar-refractivity contribution in [2.45, 2.75) is 97.2 Å². The summed E-state index contributed by atoms with van der Waals surface area (Å²) in [6.45, 7) is 19.6. The molecule has 14 heteroatoms. The van der Waals surface area contributed by atoms with E-state index in [0.717, 1.165) is 11.9 Å². The number of amides is 1. The van der Waals surface area contributed by atoms with Gasteiger partial charge >= 0.3 is 6.09 Å².